The zero-order valence-corrected chi connectivity index (χ0v) is 29.1. The van der Waals surface area contributed by atoms with Gasteiger partial charge in [0.15, 0.2) is 0 Å². The number of hydrogen-bond acceptors (Lipinski definition) is 8. The highest BCUT2D eigenvalue weighted by Crippen LogP contribution is 2.21. The van der Waals surface area contributed by atoms with Crippen molar-refractivity contribution in [2.45, 2.75) is 159 Å². The molecule has 8 nitrogen and oxygen atoms in total. The summed E-state index contributed by atoms with van der Waals surface area (Å²) in [5.41, 5.74) is 0. The molecule has 0 aliphatic carbocycles. The number of rotatable bonds is 24. The second-order valence-electron chi connectivity index (χ2n) is 10.5. The molecule has 0 aromatic heterocycles. The molecule has 10 heteroatoms. The molecule has 0 amide bonds. The maximum atomic E-state index is 5.98. The molecule has 0 spiro atoms. The topological polar surface area (TPSA) is 73.8 Å². The fourth-order valence-corrected chi connectivity index (χ4v) is 7.66. The molecule has 0 rings (SSSR count). The van der Waals surface area contributed by atoms with Gasteiger partial charge < -0.3 is 35.4 Å². The van der Waals surface area contributed by atoms with Crippen LogP contribution in [0.2, 0.25) is 0 Å². The zero-order valence-electron chi connectivity index (χ0n) is 27.1. The van der Waals surface area contributed by atoms with Crippen molar-refractivity contribution in [1.82, 2.24) is 0 Å². The van der Waals surface area contributed by atoms with Crippen LogP contribution in [0.3, 0.4) is 0 Å². The summed E-state index contributed by atoms with van der Waals surface area (Å²) in [7, 11) is -5.99. The van der Waals surface area contributed by atoms with Crippen molar-refractivity contribution in [3.05, 3.63) is 0 Å². The monoisotopic (exact) mass is 584 g/mol. The fraction of sp³-hybridized carbons (Fsp3) is 1.00. The third-order valence-electron chi connectivity index (χ3n) is 4.63. The summed E-state index contributed by atoms with van der Waals surface area (Å²) in [6, 6.07) is 0. The average Bonchev–Trinajstić information content (AvgIpc) is 2.78. The van der Waals surface area contributed by atoms with Crippen molar-refractivity contribution in [2.75, 3.05) is 26.4 Å². The lowest BCUT2D eigenvalue weighted by Gasteiger charge is -2.33. The molecule has 0 fully saturated rings. The van der Waals surface area contributed by atoms with Gasteiger partial charge in [0.1, 0.15) is 0 Å². The van der Waals surface area contributed by atoms with Gasteiger partial charge in [-0.3, -0.25) is 0 Å². The van der Waals surface area contributed by atoms with Gasteiger partial charge in [0.05, 0.1) is 0 Å². The molecule has 0 aliphatic heterocycles. The van der Waals surface area contributed by atoms with E-state index in [0.29, 0.717) is 26.4 Å². The quantitative estimate of drug-likeness (QED) is 0.0840. The van der Waals surface area contributed by atoms with E-state index in [2.05, 4.69) is 27.7 Å². The van der Waals surface area contributed by atoms with Gasteiger partial charge in [-0.2, -0.15) is 0 Å². The van der Waals surface area contributed by atoms with Crippen LogP contribution in [0.15, 0.2) is 0 Å². The lowest BCUT2D eigenvalue weighted by atomic mass is 10.4. The molecule has 0 aliphatic rings. The summed E-state index contributed by atoms with van der Waals surface area (Å²) in [5.74, 6) is 0. The Kier molecular flexibility index (Phi) is 26.3. The molecule has 0 bridgehead atoms. The van der Waals surface area contributed by atoms with E-state index in [-0.39, 0.29) is 24.4 Å². The molecule has 0 N–H and O–H groups in total. The Labute approximate surface area is 238 Å². The van der Waals surface area contributed by atoms with Gasteiger partial charge in [-0.05, 0) is 81.1 Å². The molecule has 38 heavy (non-hydrogen) atoms. The molecule has 0 saturated heterocycles. The van der Waals surface area contributed by atoms with Crippen LogP contribution >= 0.6 is 0 Å². The highest BCUT2D eigenvalue weighted by Gasteiger charge is 2.49. The Morgan fingerprint density at radius 2 is 0.579 bits per heavy atom. The highest BCUT2D eigenvalue weighted by molar-refractivity contribution is 6.54. The summed E-state index contributed by atoms with van der Waals surface area (Å²) < 4.78 is 47.3. The fourth-order valence-electron chi connectivity index (χ4n) is 2.94. The van der Waals surface area contributed by atoms with Gasteiger partial charge in [-0.25, -0.2) is 0 Å². The Balaban J connectivity index is 0. The Morgan fingerprint density at radius 3 is 0.737 bits per heavy atom. The maximum absolute atomic E-state index is 5.98. The van der Waals surface area contributed by atoms with E-state index in [1.165, 1.54) is 0 Å². The smallest absolute Gasteiger partial charge is 0.351 e. The first-order chi connectivity index (χ1) is 17.9. The van der Waals surface area contributed by atoms with Gasteiger partial charge in [0, 0.05) is 50.8 Å². The van der Waals surface area contributed by atoms with E-state index >= 15 is 0 Å². The third-order valence-corrected chi connectivity index (χ3v) is 9.90. The van der Waals surface area contributed by atoms with Gasteiger partial charge in [0.2, 0.25) is 0 Å². The van der Waals surface area contributed by atoms with Gasteiger partial charge >= 0.3 is 18.1 Å². The number of hydrogen-bond donors (Lipinski definition) is 0. The first-order valence-corrected chi connectivity index (χ1v) is 18.4. The molecule has 0 saturated carbocycles. The van der Waals surface area contributed by atoms with E-state index < -0.39 is 18.1 Å². The van der Waals surface area contributed by atoms with Gasteiger partial charge in [0.25, 0.3) is 0 Å². The van der Waals surface area contributed by atoms with Crippen LogP contribution in [0.4, 0.5) is 0 Å². The lowest BCUT2D eigenvalue weighted by molar-refractivity contribution is -0.0858. The molecule has 232 valence electrons. The average molecular weight is 585 g/mol. The number of unbranched alkanes of at least 4 members (excludes halogenated alkanes) is 4. The first kappa shape index (κ1) is 40.3. The van der Waals surface area contributed by atoms with Gasteiger partial charge in [-0.15, -0.1) is 0 Å². The van der Waals surface area contributed by atoms with Crippen LogP contribution in [0, 0.1) is 0 Å². The van der Waals surface area contributed by atoms with Crippen molar-refractivity contribution in [3.63, 3.8) is 0 Å². The summed E-state index contributed by atoms with van der Waals surface area (Å²) in [6.07, 6.45) is 8.51. The van der Waals surface area contributed by atoms with E-state index in [4.69, 9.17) is 35.4 Å². The molecule has 0 aromatic carbocycles. The Hall–Kier alpha value is 0.114. The van der Waals surface area contributed by atoms with E-state index in [0.717, 1.165) is 51.4 Å². The Morgan fingerprint density at radius 1 is 0.368 bits per heavy atom. The minimum Gasteiger partial charge on any atom is -0.351 e. The normalized spacial score (nSPS) is 12.6. The minimum absolute atomic E-state index is 0.0120. The van der Waals surface area contributed by atoms with Crippen LogP contribution in [0.1, 0.15) is 134 Å². The van der Waals surface area contributed by atoms with Crippen molar-refractivity contribution in [1.29, 1.82) is 0 Å². The van der Waals surface area contributed by atoms with Crippen molar-refractivity contribution in [3.8, 4) is 0 Å². The van der Waals surface area contributed by atoms with E-state index in [9.17, 15) is 0 Å². The summed E-state index contributed by atoms with van der Waals surface area (Å²) in [4.78, 5) is 0. The zero-order chi connectivity index (χ0) is 29.5. The lowest BCUT2D eigenvalue weighted by Crippen LogP contribution is -2.54. The predicted molar refractivity (Wildman–Crippen MR) is 160 cm³/mol. The van der Waals surface area contributed by atoms with Crippen molar-refractivity contribution in [2.24, 2.45) is 0 Å². The van der Waals surface area contributed by atoms with Gasteiger partial charge in [-0.1, -0.05) is 53.4 Å². The summed E-state index contributed by atoms with van der Waals surface area (Å²) >= 11 is 0. The van der Waals surface area contributed by atoms with E-state index in [1.807, 2.05) is 55.4 Å². The minimum atomic E-state index is -3.05. The summed E-state index contributed by atoms with van der Waals surface area (Å²) in [6.45, 7) is 26.9. The maximum Gasteiger partial charge on any atom is 0.680 e. The predicted octanol–water partition coefficient (Wildman–Crippen LogP) is 7.81. The standard InChI is InChI=1S/C16H36O4Si.C12H28O4Si/c1-5-9-13-17-21(18-14-10-6-2,19-15-11-7-3)20-16-12-8-4;1-9(2)13-17(14-10(3)4,15-11(5)6)16-12(7)8/h5-16H2,1-4H3;9-12H,1-8H3. The van der Waals surface area contributed by atoms with Crippen LogP contribution in [-0.2, 0) is 35.4 Å². The van der Waals surface area contributed by atoms with Crippen LogP contribution in [-0.4, -0.2) is 68.9 Å². The molecule has 0 heterocycles. The largest absolute Gasteiger partial charge is 0.680 e. The molecule has 0 unspecified atom stereocenters. The molecule has 0 aromatic rings. The SMILES string of the molecule is CC(C)O[Si](OC(C)C)(OC(C)C)OC(C)C.CCCCO[Si](OCCCC)(OCCCC)OCCCC. The Bertz CT molecular complexity index is 416. The van der Waals surface area contributed by atoms with E-state index in [1.54, 1.807) is 0 Å². The van der Waals surface area contributed by atoms with Crippen molar-refractivity contribution < 1.29 is 35.4 Å². The molecule has 0 radical (unpaired) electrons. The van der Waals surface area contributed by atoms with Crippen LogP contribution < -0.4 is 0 Å². The first-order valence-electron chi connectivity index (χ1n) is 15.2. The molecular formula is C28H64O8Si2. The molecular weight excluding hydrogens is 520 g/mol. The molecule has 0 atom stereocenters. The summed E-state index contributed by atoms with van der Waals surface area (Å²) in [5, 5.41) is 0. The van der Waals surface area contributed by atoms with Crippen LogP contribution in [0.5, 0.6) is 0 Å². The highest BCUT2D eigenvalue weighted by atomic mass is 28.4. The second-order valence-corrected chi connectivity index (χ2v) is 14.6. The second kappa shape index (κ2) is 24.9. The van der Waals surface area contributed by atoms with Crippen molar-refractivity contribution >= 4 is 18.1 Å². The third kappa shape index (κ3) is 22.9. The van der Waals surface area contributed by atoms with Crippen LogP contribution in [0.25, 0.3) is 0 Å².